The Hall–Kier alpha value is -3.16. The fourth-order valence-corrected chi connectivity index (χ4v) is 3.51. The smallest absolute Gasteiger partial charge is 0.326 e. The van der Waals surface area contributed by atoms with E-state index in [4.69, 9.17) is 10.8 Å². The highest BCUT2D eigenvalue weighted by molar-refractivity contribution is 7.98. The number of carbonyl (C=O) groups excluding carboxylic acids is 3. The van der Waals surface area contributed by atoms with Gasteiger partial charge in [0.05, 0.1) is 18.6 Å². The predicted octanol–water partition coefficient (Wildman–Crippen LogP) is -1.30. The van der Waals surface area contributed by atoms with Crippen LogP contribution in [0.4, 0.5) is 0 Å². The summed E-state index contributed by atoms with van der Waals surface area (Å²) in [5.41, 5.74) is 6.69. The molecule has 35 heavy (non-hydrogen) atoms. The summed E-state index contributed by atoms with van der Waals surface area (Å²) in [6, 6.07) is 3.37. The molecule has 0 radical (unpaired) electrons. The first kappa shape index (κ1) is 29.9. The van der Waals surface area contributed by atoms with Gasteiger partial charge in [-0.05, 0) is 37.3 Å². The molecule has 194 valence electrons. The second-order valence-electron chi connectivity index (χ2n) is 7.86. The Bertz CT molecular complexity index is 883. The number of aliphatic hydroxyl groups excluding tert-OH is 1. The molecule has 0 aliphatic carbocycles. The van der Waals surface area contributed by atoms with Gasteiger partial charge in [-0.3, -0.25) is 19.2 Å². The lowest BCUT2D eigenvalue weighted by Crippen LogP contribution is -2.60. The van der Waals surface area contributed by atoms with E-state index in [-0.39, 0.29) is 12.8 Å². The van der Waals surface area contributed by atoms with Crippen molar-refractivity contribution in [3.05, 3.63) is 35.9 Å². The normalized spacial score (nSPS) is 15.1. The number of hydrogen-bond acceptors (Lipinski definition) is 8. The zero-order valence-corrected chi connectivity index (χ0v) is 20.3. The Labute approximate surface area is 207 Å². The van der Waals surface area contributed by atoms with Crippen LogP contribution in [0.15, 0.2) is 30.3 Å². The number of hydrogen-bond donors (Lipinski definition) is 7. The van der Waals surface area contributed by atoms with Crippen molar-refractivity contribution in [3.63, 3.8) is 0 Å². The number of thioether (sulfide) groups is 1. The van der Waals surface area contributed by atoms with Crippen molar-refractivity contribution >= 4 is 41.4 Å². The lowest BCUT2D eigenvalue weighted by molar-refractivity contribution is -0.144. The topological polar surface area (TPSA) is 208 Å². The number of nitrogens with two attached hydrogens (primary N) is 1. The first-order valence-electron chi connectivity index (χ1n) is 10.8. The quantitative estimate of drug-likeness (QED) is 0.148. The van der Waals surface area contributed by atoms with E-state index in [0.29, 0.717) is 5.75 Å². The maximum absolute atomic E-state index is 12.8. The van der Waals surface area contributed by atoms with Crippen LogP contribution in [0.25, 0.3) is 0 Å². The van der Waals surface area contributed by atoms with Crippen molar-refractivity contribution in [1.82, 2.24) is 16.0 Å². The summed E-state index contributed by atoms with van der Waals surface area (Å²) in [6.45, 7) is 1.22. The van der Waals surface area contributed by atoms with Crippen LogP contribution in [0.2, 0.25) is 0 Å². The third-order valence-corrected chi connectivity index (χ3v) is 5.58. The number of aliphatic carboxylic acids is 2. The lowest BCUT2D eigenvalue weighted by atomic mass is 10.0. The van der Waals surface area contributed by atoms with Gasteiger partial charge in [-0.15, -0.1) is 0 Å². The maximum Gasteiger partial charge on any atom is 0.326 e. The van der Waals surface area contributed by atoms with Crippen molar-refractivity contribution in [2.75, 3.05) is 12.0 Å². The molecule has 12 nitrogen and oxygen atoms in total. The highest BCUT2D eigenvalue weighted by atomic mass is 32.2. The molecule has 1 aromatic rings. The van der Waals surface area contributed by atoms with E-state index < -0.39 is 66.4 Å². The monoisotopic (exact) mass is 512 g/mol. The van der Waals surface area contributed by atoms with Crippen LogP contribution in [0, 0.1) is 0 Å². The second-order valence-corrected chi connectivity index (χ2v) is 8.85. The van der Waals surface area contributed by atoms with Crippen molar-refractivity contribution < 1.29 is 39.3 Å². The van der Waals surface area contributed by atoms with E-state index in [1.165, 1.54) is 18.7 Å². The van der Waals surface area contributed by atoms with Gasteiger partial charge in [0.25, 0.3) is 0 Å². The summed E-state index contributed by atoms with van der Waals surface area (Å²) in [7, 11) is 0. The van der Waals surface area contributed by atoms with E-state index in [1.54, 1.807) is 36.6 Å². The van der Waals surface area contributed by atoms with Crippen LogP contribution in [-0.2, 0) is 30.4 Å². The summed E-state index contributed by atoms with van der Waals surface area (Å²) >= 11 is 1.36. The summed E-state index contributed by atoms with van der Waals surface area (Å²) in [6.07, 6.45) is -0.256. The molecule has 0 fully saturated rings. The average Bonchev–Trinajstić information content (AvgIpc) is 2.79. The van der Waals surface area contributed by atoms with Gasteiger partial charge >= 0.3 is 11.9 Å². The molecule has 0 heterocycles. The van der Waals surface area contributed by atoms with Gasteiger partial charge in [-0.2, -0.15) is 11.8 Å². The van der Waals surface area contributed by atoms with Crippen LogP contribution in [0.5, 0.6) is 0 Å². The van der Waals surface area contributed by atoms with E-state index in [9.17, 15) is 34.2 Å². The SMILES string of the molecule is CSCCC(NC(=O)C(CC(=O)O)NC(=O)C(NC(=O)C(N)Cc1ccccc1)C(C)O)C(=O)O. The molecule has 0 saturated heterocycles. The van der Waals surface area contributed by atoms with Crippen LogP contribution in [0.1, 0.15) is 25.3 Å². The minimum Gasteiger partial charge on any atom is -0.481 e. The number of carboxylic acids is 2. The standard InChI is InChI=1S/C22H32N4O8S/c1-12(27)18(26-19(30)14(23)10-13-6-4-3-5-7-13)21(32)25-16(11-17(28)29)20(31)24-15(22(33)34)8-9-35-2/h3-7,12,14-16,18,27H,8-11,23H2,1-2H3,(H,24,31)(H,25,32)(H,26,30)(H,28,29)(H,33,34). The molecular formula is C22H32N4O8S. The van der Waals surface area contributed by atoms with Gasteiger partial charge in [0, 0.05) is 0 Å². The van der Waals surface area contributed by atoms with Crippen molar-refractivity contribution in [2.45, 2.75) is 56.5 Å². The van der Waals surface area contributed by atoms with Gasteiger partial charge in [0.15, 0.2) is 0 Å². The minimum atomic E-state index is -1.65. The molecule has 1 rings (SSSR count). The largest absolute Gasteiger partial charge is 0.481 e. The molecule has 13 heteroatoms. The van der Waals surface area contributed by atoms with Crippen LogP contribution in [-0.4, -0.2) is 87.3 Å². The molecule has 0 aliphatic rings. The van der Waals surface area contributed by atoms with E-state index in [1.807, 2.05) is 0 Å². The zero-order chi connectivity index (χ0) is 26.5. The lowest BCUT2D eigenvalue weighted by Gasteiger charge is -2.26. The molecule has 0 aliphatic heterocycles. The summed E-state index contributed by atoms with van der Waals surface area (Å²) < 4.78 is 0. The Morgan fingerprint density at radius 3 is 2.06 bits per heavy atom. The van der Waals surface area contributed by atoms with Crippen LogP contribution in [0.3, 0.4) is 0 Å². The molecule has 3 amide bonds. The van der Waals surface area contributed by atoms with Gasteiger partial charge in [0.2, 0.25) is 17.7 Å². The number of aliphatic hydroxyl groups is 1. The zero-order valence-electron chi connectivity index (χ0n) is 19.5. The number of rotatable bonds is 15. The van der Waals surface area contributed by atoms with Crippen molar-refractivity contribution in [2.24, 2.45) is 5.73 Å². The van der Waals surface area contributed by atoms with Gasteiger partial charge in [-0.25, -0.2) is 4.79 Å². The Morgan fingerprint density at radius 2 is 1.54 bits per heavy atom. The Morgan fingerprint density at radius 1 is 0.943 bits per heavy atom. The van der Waals surface area contributed by atoms with E-state index >= 15 is 0 Å². The molecule has 5 unspecified atom stereocenters. The number of carboxylic acid groups (broad SMARTS) is 2. The van der Waals surface area contributed by atoms with E-state index in [2.05, 4.69) is 16.0 Å². The maximum atomic E-state index is 12.8. The number of nitrogens with one attached hydrogen (secondary N) is 3. The van der Waals surface area contributed by atoms with Gasteiger partial charge < -0.3 is 37.0 Å². The molecule has 8 N–H and O–H groups in total. The minimum absolute atomic E-state index is 0.0850. The third-order valence-electron chi connectivity index (χ3n) is 4.93. The highest BCUT2D eigenvalue weighted by Crippen LogP contribution is 2.05. The first-order chi connectivity index (χ1) is 16.5. The second kappa shape index (κ2) is 15.0. The first-order valence-corrected chi connectivity index (χ1v) is 12.2. The molecule has 0 spiro atoms. The number of carbonyl (C=O) groups is 5. The third kappa shape index (κ3) is 10.8. The molecule has 5 atom stereocenters. The fraction of sp³-hybridized carbons (Fsp3) is 0.500. The van der Waals surface area contributed by atoms with E-state index in [0.717, 1.165) is 5.56 Å². The van der Waals surface area contributed by atoms with Gasteiger partial charge in [-0.1, -0.05) is 30.3 Å². The van der Waals surface area contributed by atoms with Crippen LogP contribution < -0.4 is 21.7 Å². The van der Waals surface area contributed by atoms with Gasteiger partial charge in [0.1, 0.15) is 18.1 Å². The highest BCUT2D eigenvalue weighted by Gasteiger charge is 2.33. The predicted molar refractivity (Wildman–Crippen MR) is 128 cm³/mol. The average molecular weight is 513 g/mol. The Kier molecular flexibility index (Phi) is 12.8. The summed E-state index contributed by atoms with van der Waals surface area (Å²) in [4.78, 5) is 60.5. The molecule has 0 aromatic heterocycles. The Balaban J connectivity index is 2.91. The number of amides is 3. The molecule has 0 bridgehead atoms. The fourth-order valence-electron chi connectivity index (χ4n) is 3.04. The molecule has 0 saturated carbocycles. The number of benzene rings is 1. The molecular weight excluding hydrogens is 480 g/mol. The molecule has 1 aromatic carbocycles. The van der Waals surface area contributed by atoms with Crippen molar-refractivity contribution in [3.8, 4) is 0 Å². The summed E-state index contributed by atoms with van der Waals surface area (Å²) in [5.74, 6) is -5.11. The summed E-state index contributed by atoms with van der Waals surface area (Å²) in [5, 5.41) is 35.2. The van der Waals surface area contributed by atoms with Crippen molar-refractivity contribution in [1.29, 1.82) is 0 Å². The van der Waals surface area contributed by atoms with Crippen LogP contribution >= 0.6 is 11.8 Å².